The quantitative estimate of drug-likeness (QED) is 0.748. The predicted molar refractivity (Wildman–Crippen MR) is 92.2 cm³/mol. The summed E-state index contributed by atoms with van der Waals surface area (Å²) in [5.74, 6) is 1.25. The second-order valence-corrected chi connectivity index (χ2v) is 4.70. The number of benzene rings is 2. The molecule has 23 heavy (non-hydrogen) atoms. The molecule has 0 saturated carbocycles. The fourth-order valence-corrected chi connectivity index (χ4v) is 1.85. The van der Waals surface area contributed by atoms with E-state index in [1.54, 1.807) is 60.7 Å². The number of amides is 1. The summed E-state index contributed by atoms with van der Waals surface area (Å²) >= 11 is 0. The van der Waals surface area contributed by atoms with Gasteiger partial charge in [0.2, 0.25) is 0 Å². The summed E-state index contributed by atoms with van der Waals surface area (Å²) < 4.78 is 10.8. The molecular weight excluding hydrogens is 290 g/mol. The van der Waals surface area contributed by atoms with Gasteiger partial charge in [-0.25, -0.2) is 0 Å². The van der Waals surface area contributed by atoms with Crippen molar-refractivity contribution >= 4 is 11.6 Å². The largest absolute Gasteiger partial charge is 0.490 e. The van der Waals surface area contributed by atoms with Crippen LogP contribution in [0.15, 0.2) is 73.8 Å². The van der Waals surface area contributed by atoms with Gasteiger partial charge in [0.25, 0.3) is 5.91 Å². The Morgan fingerprint density at radius 2 is 1.35 bits per heavy atom. The van der Waals surface area contributed by atoms with Gasteiger partial charge in [-0.2, -0.15) is 0 Å². The lowest BCUT2D eigenvalue weighted by molar-refractivity contribution is 0.102. The van der Waals surface area contributed by atoms with Crippen molar-refractivity contribution in [2.75, 3.05) is 18.5 Å². The Kier molecular flexibility index (Phi) is 6.00. The van der Waals surface area contributed by atoms with Crippen molar-refractivity contribution < 1.29 is 14.3 Å². The summed E-state index contributed by atoms with van der Waals surface area (Å²) in [4.78, 5) is 12.2. The molecule has 2 aromatic rings. The van der Waals surface area contributed by atoms with E-state index in [0.717, 1.165) is 5.75 Å². The van der Waals surface area contributed by atoms with Crippen molar-refractivity contribution in [3.8, 4) is 11.5 Å². The number of hydrogen-bond acceptors (Lipinski definition) is 3. The molecule has 2 aromatic carbocycles. The predicted octanol–water partition coefficient (Wildman–Crippen LogP) is 4.07. The molecule has 0 heterocycles. The van der Waals surface area contributed by atoms with Crippen LogP contribution < -0.4 is 14.8 Å². The van der Waals surface area contributed by atoms with Crippen LogP contribution in [0, 0.1) is 0 Å². The highest BCUT2D eigenvalue weighted by atomic mass is 16.5. The van der Waals surface area contributed by atoms with E-state index in [4.69, 9.17) is 9.47 Å². The van der Waals surface area contributed by atoms with Gasteiger partial charge in [-0.1, -0.05) is 25.3 Å². The molecule has 0 bridgehead atoms. The maximum atomic E-state index is 12.2. The lowest BCUT2D eigenvalue weighted by atomic mass is 10.2. The summed E-state index contributed by atoms with van der Waals surface area (Å²) in [6.07, 6.45) is 3.35. The van der Waals surface area contributed by atoms with Gasteiger partial charge in [0, 0.05) is 11.3 Å². The van der Waals surface area contributed by atoms with E-state index in [-0.39, 0.29) is 5.91 Å². The van der Waals surface area contributed by atoms with Crippen LogP contribution in [0.3, 0.4) is 0 Å². The Morgan fingerprint density at radius 3 is 1.83 bits per heavy atom. The van der Waals surface area contributed by atoms with Crippen LogP contribution in [0.1, 0.15) is 10.4 Å². The molecule has 0 unspecified atom stereocenters. The van der Waals surface area contributed by atoms with Gasteiger partial charge < -0.3 is 14.8 Å². The minimum Gasteiger partial charge on any atom is -0.490 e. The minimum absolute atomic E-state index is 0.181. The van der Waals surface area contributed by atoms with Gasteiger partial charge in [0.15, 0.2) is 0 Å². The van der Waals surface area contributed by atoms with Gasteiger partial charge in [-0.15, -0.1) is 0 Å². The van der Waals surface area contributed by atoms with E-state index in [1.807, 2.05) is 0 Å². The number of nitrogens with one attached hydrogen (secondary N) is 1. The topological polar surface area (TPSA) is 47.6 Å². The second-order valence-electron chi connectivity index (χ2n) is 4.70. The maximum Gasteiger partial charge on any atom is 0.255 e. The third-order valence-electron chi connectivity index (χ3n) is 2.96. The zero-order valence-corrected chi connectivity index (χ0v) is 12.8. The highest BCUT2D eigenvalue weighted by Gasteiger charge is 2.06. The Labute approximate surface area is 136 Å². The summed E-state index contributed by atoms with van der Waals surface area (Å²) in [6.45, 7) is 8.07. The Morgan fingerprint density at radius 1 is 0.870 bits per heavy atom. The van der Waals surface area contributed by atoms with Crippen molar-refractivity contribution in [3.63, 3.8) is 0 Å². The molecule has 4 nitrogen and oxygen atoms in total. The van der Waals surface area contributed by atoms with Gasteiger partial charge in [0.05, 0.1) is 0 Å². The van der Waals surface area contributed by atoms with E-state index in [2.05, 4.69) is 18.5 Å². The van der Waals surface area contributed by atoms with Crippen molar-refractivity contribution in [2.45, 2.75) is 0 Å². The number of anilines is 1. The fourth-order valence-electron chi connectivity index (χ4n) is 1.85. The Bertz CT molecular complexity index is 660. The average molecular weight is 309 g/mol. The van der Waals surface area contributed by atoms with Gasteiger partial charge >= 0.3 is 0 Å². The van der Waals surface area contributed by atoms with E-state index in [1.165, 1.54) is 0 Å². The summed E-state index contributed by atoms with van der Waals surface area (Å²) in [5.41, 5.74) is 1.26. The Balaban J connectivity index is 1.95. The van der Waals surface area contributed by atoms with Crippen LogP contribution in [-0.4, -0.2) is 19.1 Å². The normalized spacial score (nSPS) is 9.74. The third-order valence-corrected chi connectivity index (χ3v) is 2.96. The lowest BCUT2D eigenvalue weighted by Crippen LogP contribution is -2.11. The van der Waals surface area contributed by atoms with Crippen molar-refractivity contribution in [1.82, 2.24) is 0 Å². The smallest absolute Gasteiger partial charge is 0.255 e. The zero-order chi connectivity index (χ0) is 16.5. The summed E-state index contributed by atoms with van der Waals surface area (Å²) in [5, 5.41) is 2.83. The first-order valence-electron chi connectivity index (χ1n) is 7.22. The zero-order valence-electron chi connectivity index (χ0n) is 12.8. The molecule has 0 aromatic heterocycles. The molecule has 0 spiro atoms. The second kappa shape index (κ2) is 8.44. The molecule has 2 rings (SSSR count). The number of rotatable bonds is 8. The lowest BCUT2D eigenvalue weighted by Gasteiger charge is -2.08. The maximum absolute atomic E-state index is 12.2. The van der Waals surface area contributed by atoms with Crippen LogP contribution in [0.5, 0.6) is 11.5 Å². The number of ether oxygens (including phenoxy) is 2. The fraction of sp³-hybridized carbons (Fsp3) is 0.105. The molecule has 0 aliphatic heterocycles. The first kappa shape index (κ1) is 16.4. The van der Waals surface area contributed by atoms with E-state index in [0.29, 0.717) is 30.2 Å². The standard InChI is InChI=1S/C19H19NO3/c1-3-13-22-17-9-5-15(6-10-17)19(21)20-16-7-11-18(12-8-16)23-14-4-2/h3-12H,1-2,13-14H2,(H,20,21). The monoisotopic (exact) mass is 309 g/mol. The minimum atomic E-state index is -0.181. The van der Waals surface area contributed by atoms with Crippen molar-refractivity contribution in [3.05, 3.63) is 79.4 Å². The number of carbonyl (C=O) groups is 1. The highest BCUT2D eigenvalue weighted by molar-refractivity contribution is 6.04. The van der Waals surface area contributed by atoms with Crippen LogP contribution in [-0.2, 0) is 0 Å². The van der Waals surface area contributed by atoms with Gasteiger partial charge in [0.1, 0.15) is 24.7 Å². The van der Waals surface area contributed by atoms with Crippen molar-refractivity contribution in [2.24, 2.45) is 0 Å². The third kappa shape index (κ3) is 5.04. The first-order valence-corrected chi connectivity index (χ1v) is 7.22. The van der Waals surface area contributed by atoms with Crippen LogP contribution in [0.2, 0.25) is 0 Å². The molecule has 4 heteroatoms. The van der Waals surface area contributed by atoms with Crippen LogP contribution >= 0.6 is 0 Å². The number of hydrogen-bond donors (Lipinski definition) is 1. The SMILES string of the molecule is C=CCOc1ccc(NC(=O)c2ccc(OCC=C)cc2)cc1. The molecule has 0 aliphatic carbocycles. The number of carbonyl (C=O) groups excluding carboxylic acids is 1. The van der Waals surface area contributed by atoms with Crippen LogP contribution in [0.25, 0.3) is 0 Å². The Hall–Kier alpha value is -3.01. The van der Waals surface area contributed by atoms with Gasteiger partial charge in [-0.05, 0) is 48.5 Å². The molecule has 1 N–H and O–H groups in total. The van der Waals surface area contributed by atoms with E-state index in [9.17, 15) is 4.79 Å². The average Bonchev–Trinajstić information content (AvgIpc) is 2.59. The van der Waals surface area contributed by atoms with E-state index < -0.39 is 0 Å². The highest BCUT2D eigenvalue weighted by Crippen LogP contribution is 2.17. The van der Waals surface area contributed by atoms with Crippen molar-refractivity contribution in [1.29, 1.82) is 0 Å². The molecule has 0 atom stereocenters. The van der Waals surface area contributed by atoms with Gasteiger partial charge in [-0.3, -0.25) is 4.79 Å². The molecule has 0 saturated heterocycles. The van der Waals surface area contributed by atoms with E-state index >= 15 is 0 Å². The summed E-state index contributed by atoms with van der Waals surface area (Å²) in [6, 6.07) is 14.1. The molecule has 1 amide bonds. The first-order chi connectivity index (χ1) is 11.2. The molecular formula is C19H19NO3. The van der Waals surface area contributed by atoms with Crippen LogP contribution in [0.4, 0.5) is 5.69 Å². The molecule has 0 radical (unpaired) electrons. The molecule has 0 aliphatic rings. The molecule has 118 valence electrons. The summed E-state index contributed by atoms with van der Waals surface area (Å²) in [7, 11) is 0. The molecule has 0 fully saturated rings.